The summed E-state index contributed by atoms with van der Waals surface area (Å²) < 4.78 is 14.3. The average molecular weight is 337 g/mol. The quantitative estimate of drug-likeness (QED) is 0.570. The number of benzene rings is 1. The van der Waals surface area contributed by atoms with Gasteiger partial charge in [0, 0.05) is 11.6 Å². The Balaban J connectivity index is 2.38. The monoisotopic (exact) mass is 337 g/mol. The van der Waals surface area contributed by atoms with Gasteiger partial charge in [0.2, 0.25) is 0 Å². The van der Waals surface area contributed by atoms with E-state index in [2.05, 4.69) is 0 Å². The molecule has 0 aliphatic heterocycles. The summed E-state index contributed by atoms with van der Waals surface area (Å²) in [4.78, 5) is 12.0. The second-order valence-corrected chi connectivity index (χ2v) is 6.87. The van der Waals surface area contributed by atoms with Crippen molar-refractivity contribution in [3.05, 3.63) is 34.6 Å². The van der Waals surface area contributed by atoms with E-state index in [9.17, 15) is 14.3 Å². The van der Waals surface area contributed by atoms with E-state index in [0.29, 0.717) is 42.4 Å². The molecule has 1 aromatic rings. The second kappa shape index (κ2) is 7.21. The highest BCUT2D eigenvalue weighted by Gasteiger charge is 2.49. The number of halogens is 1. The third-order valence-corrected chi connectivity index (χ3v) is 5.36. The average Bonchev–Trinajstić information content (AvgIpc) is 2.78. The van der Waals surface area contributed by atoms with Crippen LogP contribution >= 0.6 is 0 Å². The predicted molar refractivity (Wildman–Crippen MR) is 90.0 cm³/mol. The zero-order valence-corrected chi connectivity index (χ0v) is 14.1. The molecule has 132 valence electrons. The van der Waals surface area contributed by atoms with Crippen molar-refractivity contribution < 1.29 is 24.3 Å². The van der Waals surface area contributed by atoms with Gasteiger partial charge in [0.25, 0.3) is 0 Å². The Bertz CT molecular complexity index is 625. The first kappa shape index (κ1) is 18.9. The molecule has 0 fully saturated rings. The molecule has 0 amide bonds. The van der Waals surface area contributed by atoms with Gasteiger partial charge in [-0.05, 0) is 61.7 Å². The van der Waals surface area contributed by atoms with E-state index >= 15 is 0 Å². The third kappa shape index (κ3) is 3.34. The molecule has 0 bridgehead atoms. The fourth-order valence-electron chi connectivity index (χ4n) is 3.70. The smallest absolute Gasteiger partial charge is 0.451 e. The van der Waals surface area contributed by atoms with Crippen molar-refractivity contribution >= 4 is 13.1 Å². The van der Waals surface area contributed by atoms with E-state index in [-0.39, 0.29) is 18.1 Å². The van der Waals surface area contributed by atoms with Gasteiger partial charge in [0.15, 0.2) is 0 Å². The van der Waals surface area contributed by atoms with Gasteiger partial charge in [0.05, 0.1) is 5.41 Å². The van der Waals surface area contributed by atoms with Crippen LogP contribution in [0.4, 0.5) is 4.39 Å². The molecular weight excluding hydrogens is 312 g/mol. The summed E-state index contributed by atoms with van der Waals surface area (Å²) in [5, 5.41) is 27.8. The van der Waals surface area contributed by atoms with Gasteiger partial charge in [-0.1, -0.05) is 13.3 Å². The Morgan fingerprint density at radius 1 is 1.50 bits per heavy atom. The van der Waals surface area contributed by atoms with Gasteiger partial charge in [0.1, 0.15) is 5.82 Å². The molecule has 0 unspecified atom stereocenters. The molecule has 1 aliphatic carbocycles. The normalized spacial score (nSPS) is 23.8. The van der Waals surface area contributed by atoms with Gasteiger partial charge in [-0.2, -0.15) is 0 Å². The minimum Gasteiger partial charge on any atom is -0.481 e. The van der Waals surface area contributed by atoms with Crippen LogP contribution in [0.2, 0.25) is 6.32 Å². The van der Waals surface area contributed by atoms with Crippen LogP contribution in [0.1, 0.15) is 55.8 Å². The first-order valence-corrected chi connectivity index (χ1v) is 8.39. The highest BCUT2D eigenvalue weighted by Crippen LogP contribution is 2.47. The molecule has 0 aromatic heterocycles. The van der Waals surface area contributed by atoms with Gasteiger partial charge in [-0.15, -0.1) is 0 Å². The fraction of sp³-hybridized carbons (Fsp3) is 0.588. The molecule has 3 atom stereocenters. The van der Waals surface area contributed by atoms with E-state index in [0.717, 1.165) is 0 Å². The zero-order valence-electron chi connectivity index (χ0n) is 14.1. The molecule has 1 aromatic carbocycles. The zero-order chi connectivity index (χ0) is 18.1. The maximum absolute atomic E-state index is 14.3. The lowest BCUT2D eigenvalue weighted by molar-refractivity contribution is -0.145. The highest BCUT2D eigenvalue weighted by atomic mass is 19.1. The number of aliphatic carboxylic acids is 1. The number of carboxylic acids is 1. The third-order valence-electron chi connectivity index (χ3n) is 5.36. The van der Waals surface area contributed by atoms with Crippen molar-refractivity contribution in [1.82, 2.24) is 0 Å². The lowest BCUT2D eigenvalue weighted by Crippen LogP contribution is -2.37. The van der Waals surface area contributed by atoms with Crippen LogP contribution in [0, 0.1) is 11.7 Å². The van der Waals surface area contributed by atoms with Crippen molar-refractivity contribution in [3.63, 3.8) is 0 Å². The number of fused-ring (bicyclic) bond motifs is 1. The topological polar surface area (TPSA) is 104 Å². The number of hydrogen-bond donors (Lipinski definition) is 4. The highest BCUT2D eigenvalue weighted by molar-refractivity contribution is 6.40. The van der Waals surface area contributed by atoms with E-state index in [4.69, 9.17) is 15.8 Å². The van der Waals surface area contributed by atoms with Crippen LogP contribution in [0.25, 0.3) is 0 Å². The van der Waals surface area contributed by atoms with Crippen molar-refractivity contribution in [2.24, 2.45) is 11.7 Å². The van der Waals surface area contributed by atoms with E-state index in [1.165, 1.54) is 6.07 Å². The number of hydrogen-bond acceptors (Lipinski definition) is 4. The molecule has 24 heavy (non-hydrogen) atoms. The molecule has 1 aliphatic rings. The maximum Gasteiger partial charge on any atom is 0.451 e. The lowest BCUT2D eigenvalue weighted by Gasteiger charge is -2.29. The maximum atomic E-state index is 14.3. The molecule has 5 nitrogen and oxygen atoms in total. The Morgan fingerprint density at radius 2 is 2.17 bits per heavy atom. The molecular formula is C17H25BFNO4. The minimum atomic E-state index is -1.39. The molecule has 0 spiro atoms. The second-order valence-electron chi connectivity index (χ2n) is 6.87. The Morgan fingerprint density at radius 3 is 2.71 bits per heavy atom. The van der Waals surface area contributed by atoms with Crippen molar-refractivity contribution in [3.8, 4) is 0 Å². The van der Waals surface area contributed by atoms with Gasteiger partial charge in [-0.25, -0.2) is 4.39 Å². The van der Waals surface area contributed by atoms with Crippen LogP contribution < -0.4 is 5.73 Å². The summed E-state index contributed by atoms with van der Waals surface area (Å²) >= 11 is 0. The minimum absolute atomic E-state index is 0.197. The van der Waals surface area contributed by atoms with Crippen LogP contribution in [-0.2, 0) is 16.6 Å². The Hall–Kier alpha value is -1.44. The van der Waals surface area contributed by atoms with E-state index in [1.807, 2.05) is 6.92 Å². The summed E-state index contributed by atoms with van der Waals surface area (Å²) in [5.74, 6) is -1.54. The molecule has 5 N–H and O–H groups in total. The first-order chi connectivity index (χ1) is 11.2. The lowest BCUT2D eigenvalue weighted by atomic mass is 9.72. The predicted octanol–water partition coefficient (Wildman–Crippen LogP) is 2.00. The molecule has 0 radical (unpaired) electrons. The number of rotatable bonds is 7. The van der Waals surface area contributed by atoms with Crippen LogP contribution in [0.5, 0.6) is 0 Å². The van der Waals surface area contributed by atoms with Gasteiger partial charge in [-0.3, -0.25) is 4.79 Å². The standard InChI is InChI=1S/C17H25BFNO4/c1-3-15(20)12-9-13-10(8-14(12)19)7-11(5-4-6-18(23)24)17(13,2)16(21)22/h8-9,11,15,23-24H,3-7,20H2,1-2H3,(H,21,22)/t11-,15+,17-/m0/s1. The first-order valence-electron chi connectivity index (χ1n) is 8.39. The number of nitrogens with two attached hydrogens (primary N) is 1. The van der Waals surface area contributed by atoms with E-state index in [1.54, 1.807) is 13.0 Å². The summed E-state index contributed by atoms with van der Waals surface area (Å²) in [5.41, 5.74) is 6.53. The molecule has 0 saturated heterocycles. The summed E-state index contributed by atoms with van der Waals surface area (Å²) in [6, 6.07) is 2.58. The SMILES string of the molecule is CC[C@@H](N)c1cc2c(cc1F)C[C@H](CCCB(O)O)[C@]2(C)C(=O)O. The summed E-state index contributed by atoms with van der Waals surface area (Å²) in [6.07, 6.45) is 2.27. The summed E-state index contributed by atoms with van der Waals surface area (Å²) in [7, 11) is -1.39. The largest absolute Gasteiger partial charge is 0.481 e. The number of carbonyl (C=O) groups is 1. The van der Waals surface area contributed by atoms with Crippen LogP contribution in [-0.4, -0.2) is 28.2 Å². The van der Waals surface area contributed by atoms with Crippen molar-refractivity contribution in [2.75, 3.05) is 0 Å². The van der Waals surface area contributed by atoms with Crippen molar-refractivity contribution in [2.45, 2.75) is 57.3 Å². The Labute approximate surface area is 141 Å². The molecule has 0 saturated carbocycles. The molecule has 0 heterocycles. The number of carboxylic acid groups (broad SMARTS) is 1. The van der Waals surface area contributed by atoms with Crippen molar-refractivity contribution in [1.29, 1.82) is 0 Å². The van der Waals surface area contributed by atoms with Crippen LogP contribution in [0.15, 0.2) is 12.1 Å². The van der Waals surface area contributed by atoms with E-state index < -0.39 is 24.5 Å². The summed E-state index contributed by atoms with van der Waals surface area (Å²) in [6.45, 7) is 3.52. The van der Waals surface area contributed by atoms with Crippen LogP contribution in [0.3, 0.4) is 0 Å². The Kier molecular flexibility index (Phi) is 5.68. The molecule has 7 heteroatoms. The van der Waals surface area contributed by atoms with Gasteiger partial charge < -0.3 is 20.9 Å². The fourth-order valence-corrected chi connectivity index (χ4v) is 3.70. The molecule has 2 rings (SSSR count). The van der Waals surface area contributed by atoms with Gasteiger partial charge >= 0.3 is 13.1 Å².